The van der Waals surface area contributed by atoms with E-state index in [0.29, 0.717) is 6.54 Å². The minimum absolute atomic E-state index is 0.0661. The normalized spacial score (nSPS) is 10.3. The van der Waals surface area contributed by atoms with Crippen molar-refractivity contribution in [3.05, 3.63) is 23.8 Å². The summed E-state index contributed by atoms with van der Waals surface area (Å²) in [4.78, 5) is 11.7. The highest BCUT2D eigenvalue weighted by Crippen LogP contribution is 2.22. The molecule has 1 aromatic carbocycles. The van der Waals surface area contributed by atoms with Gasteiger partial charge in [-0.3, -0.25) is 4.79 Å². The van der Waals surface area contributed by atoms with Gasteiger partial charge in [-0.15, -0.1) is 0 Å². The van der Waals surface area contributed by atoms with Gasteiger partial charge in [0.15, 0.2) is 0 Å². The summed E-state index contributed by atoms with van der Waals surface area (Å²) in [7, 11) is 1.66. The van der Waals surface area contributed by atoms with Crippen molar-refractivity contribution in [3.8, 4) is 11.5 Å². The van der Waals surface area contributed by atoms with E-state index in [9.17, 15) is 9.90 Å². The van der Waals surface area contributed by atoms with Crippen LogP contribution in [-0.2, 0) is 4.74 Å². The zero-order chi connectivity index (χ0) is 13.4. The van der Waals surface area contributed by atoms with Gasteiger partial charge < -0.3 is 20.3 Å². The van der Waals surface area contributed by atoms with Crippen LogP contribution in [0.4, 0.5) is 0 Å². The summed E-state index contributed by atoms with van der Waals surface area (Å²) in [5.74, 6) is -0.616. The molecule has 5 heteroatoms. The molecule has 0 fully saturated rings. The molecular formula is C13H19NO4. The Kier molecular flexibility index (Phi) is 6.00. The Morgan fingerprint density at radius 1 is 1.28 bits per heavy atom. The standard InChI is InChI=1S/C13H19NO4/c1-18-8-4-2-3-7-14-13(17)11-6-5-10(15)9-12(11)16/h5-6,9,15-16H,2-4,7-8H2,1H3,(H,14,17). The largest absolute Gasteiger partial charge is 0.508 e. The van der Waals surface area contributed by atoms with Gasteiger partial charge in [0.05, 0.1) is 5.56 Å². The first-order valence-electron chi connectivity index (χ1n) is 5.94. The van der Waals surface area contributed by atoms with Crippen molar-refractivity contribution in [2.75, 3.05) is 20.3 Å². The van der Waals surface area contributed by atoms with Gasteiger partial charge in [-0.05, 0) is 31.4 Å². The zero-order valence-electron chi connectivity index (χ0n) is 10.5. The number of phenolic OH excluding ortho intramolecular Hbond substituents is 2. The van der Waals surface area contributed by atoms with E-state index >= 15 is 0 Å². The number of hydrogen-bond acceptors (Lipinski definition) is 4. The average molecular weight is 253 g/mol. The van der Waals surface area contributed by atoms with E-state index in [2.05, 4.69) is 5.32 Å². The summed E-state index contributed by atoms with van der Waals surface area (Å²) in [6.45, 7) is 1.29. The number of hydrogen-bond donors (Lipinski definition) is 3. The zero-order valence-corrected chi connectivity index (χ0v) is 10.5. The Morgan fingerprint density at radius 2 is 2.06 bits per heavy atom. The third-order valence-electron chi connectivity index (χ3n) is 2.54. The first kappa shape index (κ1) is 14.3. The summed E-state index contributed by atoms with van der Waals surface area (Å²) in [5, 5.41) is 21.3. The Bertz CT molecular complexity index is 393. The molecule has 1 amide bonds. The van der Waals surface area contributed by atoms with Crippen molar-refractivity contribution >= 4 is 5.91 Å². The fourth-order valence-electron chi connectivity index (χ4n) is 1.56. The molecule has 0 unspecified atom stereocenters. The van der Waals surface area contributed by atoms with Gasteiger partial charge in [0, 0.05) is 26.3 Å². The maximum absolute atomic E-state index is 11.7. The van der Waals surface area contributed by atoms with Crippen molar-refractivity contribution in [1.29, 1.82) is 0 Å². The van der Waals surface area contributed by atoms with Gasteiger partial charge in [0.1, 0.15) is 11.5 Å². The molecule has 0 radical (unpaired) electrons. The van der Waals surface area contributed by atoms with Crippen LogP contribution in [-0.4, -0.2) is 36.4 Å². The minimum Gasteiger partial charge on any atom is -0.508 e. The third-order valence-corrected chi connectivity index (χ3v) is 2.54. The molecule has 1 rings (SSSR count). The number of methoxy groups -OCH3 is 1. The van der Waals surface area contributed by atoms with Gasteiger partial charge in [0.2, 0.25) is 0 Å². The Balaban J connectivity index is 2.32. The number of phenols is 2. The van der Waals surface area contributed by atoms with Crippen LogP contribution >= 0.6 is 0 Å². The maximum atomic E-state index is 11.7. The lowest BCUT2D eigenvalue weighted by Crippen LogP contribution is -2.24. The Labute approximate surface area is 106 Å². The number of rotatable bonds is 7. The van der Waals surface area contributed by atoms with Crippen LogP contribution in [0.1, 0.15) is 29.6 Å². The van der Waals surface area contributed by atoms with Crippen LogP contribution in [0, 0.1) is 0 Å². The molecule has 0 aliphatic rings. The van der Waals surface area contributed by atoms with Crippen molar-refractivity contribution < 1.29 is 19.7 Å². The highest BCUT2D eigenvalue weighted by Gasteiger charge is 2.10. The molecule has 0 atom stereocenters. The highest BCUT2D eigenvalue weighted by molar-refractivity contribution is 5.96. The number of unbranched alkanes of at least 4 members (excludes halogenated alkanes) is 2. The monoisotopic (exact) mass is 253 g/mol. The number of carbonyl (C=O) groups excluding carboxylic acids is 1. The van der Waals surface area contributed by atoms with Crippen LogP contribution in [0.15, 0.2) is 18.2 Å². The first-order chi connectivity index (χ1) is 8.65. The lowest BCUT2D eigenvalue weighted by Gasteiger charge is -2.07. The SMILES string of the molecule is COCCCCCNC(=O)c1ccc(O)cc1O. The van der Waals surface area contributed by atoms with E-state index in [1.54, 1.807) is 7.11 Å². The second kappa shape index (κ2) is 7.55. The van der Waals surface area contributed by atoms with Crippen LogP contribution in [0.2, 0.25) is 0 Å². The van der Waals surface area contributed by atoms with Crippen molar-refractivity contribution in [1.82, 2.24) is 5.32 Å². The van der Waals surface area contributed by atoms with E-state index in [1.807, 2.05) is 0 Å². The molecule has 0 bridgehead atoms. The number of carbonyl (C=O) groups is 1. The highest BCUT2D eigenvalue weighted by atomic mass is 16.5. The number of aromatic hydroxyl groups is 2. The topological polar surface area (TPSA) is 78.8 Å². The Hall–Kier alpha value is -1.75. The van der Waals surface area contributed by atoms with Crippen molar-refractivity contribution in [2.45, 2.75) is 19.3 Å². The summed E-state index contributed by atoms with van der Waals surface area (Å²) in [6, 6.07) is 3.91. The Morgan fingerprint density at radius 3 is 2.72 bits per heavy atom. The lowest BCUT2D eigenvalue weighted by molar-refractivity contribution is 0.0950. The minimum atomic E-state index is -0.334. The third kappa shape index (κ3) is 4.63. The molecule has 1 aromatic rings. The summed E-state index contributed by atoms with van der Waals surface area (Å²) >= 11 is 0. The molecular weight excluding hydrogens is 234 g/mol. The molecule has 0 aliphatic heterocycles. The average Bonchev–Trinajstić information content (AvgIpc) is 2.33. The summed E-state index contributed by atoms with van der Waals surface area (Å²) in [5.41, 5.74) is 0.171. The molecule has 18 heavy (non-hydrogen) atoms. The van der Waals surface area contributed by atoms with E-state index < -0.39 is 0 Å². The molecule has 100 valence electrons. The summed E-state index contributed by atoms with van der Waals surface area (Å²) in [6.07, 6.45) is 2.82. The quantitative estimate of drug-likeness (QED) is 0.645. The number of nitrogens with one attached hydrogen (secondary N) is 1. The van der Waals surface area contributed by atoms with Crippen LogP contribution in [0.25, 0.3) is 0 Å². The van der Waals surface area contributed by atoms with Gasteiger partial charge in [-0.2, -0.15) is 0 Å². The number of benzene rings is 1. The van der Waals surface area contributed by atoms with Crippen LogP contribution in [0.5, 0.6) is 11.5 Å². The predicted molar refractivity (Wildman–Crippen MR) is 67.8 cm³/mol. The second-order valence-electron chi connectivity index (χ2n) is 4.01. The van der Waals surface area contributed by atoms with E-state index in [0.717, 1.165) is 31.9 Å². The van der Waals surface area contributed by atoms with E-state index in [1.165, 1.54) is 12.1 Å². The molecule has 0 saturated heterocycles. The molecule has 5 nitrogen and oxygen atoms in total. The molecule has 0 saturated carbocycles. The summed E-state index contributed by atoms with van der Waals surface area (Å²) < 4.78 is 4.92. The van der Waals surface area contributed by atoms with Gasteiger partial charge in [-0.1, -0.05) is 0 Å². The van der Waals surface area contributed by atoms with Crippen LogP contribution < -0.4 is 5.32 Å². The van der Waals surface area contributed by atoms with E-state index in [4.69, 9.17) is 9.84 Å². The fourth-order valence-corrected chi connectivity index (χ4v) is 1.56. The fraction of sp³-hybridized carbons (Fsp3) is 0.462. The maximum Gasteiger partial charge on any atom is 0.255 e. The molecule has 3 N–H and O–H groups in total. The molecule has 0 aromatic heterocycles. The second-order valence-corrected chi connectivity index (χ2v) is 4.01. The van der Waals surface area contributed by atoms with Gasteiger partial charge in [-0.25, -0.2) is 0 Å². The number of amides is 1. The smallest absolute Gasteiger partial charge is 0.255 e. The first-order valence-corrected chi connectivity index (χ1v) is 5.94. The van der Waals surface area contributed by atoms with Gasteiger partial charge >= 0.3 is 0 Å². The van der Waals surface area contributed by atoms with Crippen molar-refractivity contribution in [2.24, 2.45) is 0 Å². The molecule has 0 heterocycles. The number of ether oxygens (including phenoxy) is 1. The van der Waals surface area contributed by atoms with Gasteiger partial charge in [0.25, 0.3) is 5.91 Å². The molecule has 0 spiro atoms. The lowest BCUT2D eigenvalue weighted by atomic mass is 10.1. The predicted octanol–water partition coefficient (Wildman–Crippen LogP) is 1.64. The van der Waals surface area contributed by atoms with E-state index in [-0.39, 0.29) is 23.0 Å². The van der Waals surface area contributed by atoms with Crippen molar-refractivity contribution in [3.63, 3.8) is 0 Å². The molecule has 0 aliphatic carbocycles. The van der Waals surface area contributed by atoms with Crippen LogP contribution in [0.3, 0.4) is 0 Å².